The van der Waals surface area contributed by atoms with E-state index >= 15 is 0 Å². The summed E-state index contributed by atoms with van der Waals surface area (Å²) in [5.41, 5.74) is 5.80. The average Bonchev–Trinajstić information content (AvgIpc) is 3.23. The van der Waals surface area contributed by atoms with E-state index in [1.54, 1.807) is 6.20 Å². The van der Waals surface area contributed by atoms with Crippen molar-refractivity contribution in [3.8, 4) is 5.69 Å². The molecule has 0 fully saturated rings. The number of benzene rings is 1. The van der Waals surface area contributed by atoms with Gasteiger partial charge in [0.15, 0.2) is 5.69 Å². The highest BCUT2D eigenvalue weighted by molar-refractivity contribution is 5.94. The van der Waals surface area contributed by atoms with E-state index in [9.17, 15) is 4.79 Å². The lowest BCUT2D eigenvalue weighted by Crippen LogP contribution is -2.25. The first-order chi connectivity index (χ1) is 12.6. The maximum Gasteiger partial charge on any atom is 0.272 e. The van der Waals surface area contributed by atoms with E-state index in [4.69, 9.17) is 0 Å². The number of carbonyl (C=O) groups excluding carboxylic acids is 1. The molecule has 0 saturated carbocycles. The molecule has 6 nitrogen and oxygen atoms in total. The highest BCUT2D eigenvalue weighted by Crippen LogP contribution is 2.28. The second-order valence-electron chi connectivity index (χ2n) is 6.62. The predicted octanol–water partition coefficient (Wildman–Crippen LogP) is 2.70. The number of amides is 1. The number of nitrogens with zero attached hydrogens (tertiary/aromatic N) is 4. The van der Waals surface area contributed by atoms with Gasteiger partial charge in [0.05, 0.1) is 12.2 Å². The molecule has 0 saturated heterocycles. The number of para-hydroxylation sites is 1. The van der Waals surface area contributed by atoms with Gasteiger partial charge in [0.25, 0.3) is 5.91 Å². The first-order valence-electron chi connectivity index (χ1n) is 8.87. The molecule has 2 aromatic heterocycles. The van der Waals surface area contributed by atoms with Crippen LogP contribution in [-0.2, 0) is 19.4 Å². The van der Waals surface area contributed by atoms with Crippen LogP contribution in [0, 0.1) is 13.8 Å². The number of rotatable bonds is 4. The van der Waals surface area contributed by atoms with Gasteiger partial charge in [-0.15, -0.1) is 0 Å². The van der Waals surface area contributed by atoms with Crippen LogP contribution < -0.4 is 5.32 Å². The van der Waals surface area contributed by atoms with E-state index < -0.39 is 0 Å². The molecular weight excluding hydrogens is 326 g/mol. The molecule has 0 unspecified atom stereocenters. The van der Waals surface area contributed by atoms with Crippen molar-refractivity contribution in [1.82, 2.24) is 25.1 Å². The van der Waals surface area contributed by atoms with Crippen LogP contribution >= 0.6 is 0 Å². The van der Waals surface area contributed by atoms with Gasteiger partial charge in [-0.05, 0) is 50.8 Å². The third kappa shape index (κ3) is 2.98. The fourth-order valence-corrected chi connectivity index (χ4v) is 3.45. The van der Waals surface area contributed by atoms with Crippen molar-refractivity contribution >= 4 is 5.91 Å². The summed E-state index contributed by atoms with van der Waals surface area (Å²) < 4.78 is 1.94. The largest absolute Gasteiger partial charge is 0.343 e. The van der Waals surface area contributed by atoms with Gasteiger partial charge in [-0.1, -0.05) is 18.2 Å². The SMILES string of the molecule is Cc1ccnc(CNC(=O)c2nn(-c3ccccc3C)c3c2CCC3)n1. The van der Waals surface area contributed by atoms with Crippen molar-refractivity contribution in [1.29, 1.82) is 0 Å². The Morgan fingerprint density at radius 1 is 1.19 bits per heavy atom. The minimum atomic E-state index is -0.166. The molecule has 0 aliphatic heterocycles. The highest BCUT2D eigenvalue weighted by Gasteiger charge is 2.27. The lowest BCUT2D eigenvalue weighted by Gasteiger charge is -2.08. The van der Waals surface area contributed by atoms with E-state index in [-0.39, 0.29) is 5.91 Å². The Labute approximate surface area is 152 Å². The minimum Gasteiger partial charge on any atom is -0.343 e. The second-order valence-corrected chi connectivity index (χ2v) is 6.62. The molecule has 0 radical (unpaired) electrons. The molecule has 0 bridgehead atoms. The highest BCUT2D eigenvalue weighted by atomic mass is 16.2. The second kappa shape index (κ2) is 6.71. The number of nitrogens with one attached hydrogen (secondary N) is 1. The minimum absolute atomic E-state index is 0.166. The van der Waals surface area contributed by atoms with Gasteiger partial charge in [-0.2, -0.15) is 5.10 Å². The van der Waals surface area contributed by atoms with Gasteiger partial charge in [-0.3, -0.25) is 4.79 Å². The topological polar surface area (TPSA) is 72.7 Å². The van der Waals surface area contributed by atoms with E-state index in [1.807, 2.05) is 35.9 Å². The predicted molar refractivity (Wildman–Crippen MR) is 98.3 cm³/mol. The van der Waals surface area contributed by atoms with Crippen molar-refractivity contribution in [2.45, 2.75) is 39.7 Å². The Hall–Kier alpha value is -3.02. The average molecular weight is 347 g/mol. The van der Waals surface area contributed by atoms with Crippen molar-refractivity contribution in [2.75, 3.05) is 0 Å². The van der Waals surface area contributed by atoms with Crippen LogP contribution in [0.2, 0.25) is 0 Å². The molecule has 4 rings (SSSR count). The number of aryl methyl sites for hydroxylation is 2. The maximum absolute atomic E-state index is 12.7. The summed E-state index contributed by atoms with van der Waals surface area (Å²) in [7, 11) is 0. The zero-order valence-electron chi connectivity index (χ0n) is 15.0. The Kier molecular flexibility index (Phi) is 4.24. The summed E-state index contributed by atoms with van der Waals surface area (Å²) >= 11 is 0. The standard InChI is InChI=1S/C20H21N5O/c1-13-6-3-4-8-16(13)25-17-9-5-7-15(17)19(24-25)20(26)22-12-18-21-11-10-14(2)23-18/h3-4,6,8,10-11H,5,7,9,12H2,1-2H3,(H,22,26). The third-order valence-electron chi connectivity index (χ3n) is 4.74. The molecule has 132 valence electrons. The van der Waals surface area contributed by atoms with Crippen molar-refractivity contribution in [3.05, 3.63) is 70.6 Å². The molecule has 6 heteroatoms. The lowest BCUT2D eigenvalue weighted by molar-refractivity contribution is 0.0943. The molecule has 1 aliphatic rings. The third-order valence-corrected chi connectivity index (χ3v) is 4.74. The van der Waals surface area contributed by atoms with E-state index in [0.29, 0.717) is 18.1 Å². The Bertz CT molecular complexity index is 976. The van der Waals surface area contributed by atoms with E-state index in [1.165, 1.54) is 0 Å². The van der Waals surface area contributed by atoms with Crippen LogP contribution in [0.3, 0.4) is 0 Å². The molecular formula is C20H21N5O. The van der Waals surface area contributed by atoms with Crippen LogP contribution in [0.1, 0.15) is 45.2 Å². The van der Waals surface area contributed by atoms with E-state index in [0.717, 1.165) is 47.5 Å². The smallest absolute Gasteiger partial charge is 0.272 e. The van der Waals surface area contributed by atoms with Gasteiger partial charge in [0, 0.05) is 23.1 Å². The molecule has 2 heterocycles. The Morgan fingerprint density at radius 2 is 2.04 bits per heavy atom. The lowest BCUT2D eigenvalue weighted by atomic mass is 10.2. The van der Waals surface area contributed by atoms with Crippen LogP contribution in [0.4, 0.5) is 0 Å². The van der Waals surface area contributed by atoms with Gasteiger partial charge >= 0.3 is 0 Å². The summed E-state index contributed by atoms with van der Waals surface area (Å²) in [5.74, 6) is 0.439. The first kappa shape index (κ1) is 16.4. The van der Waals surface area contributed by atoms with Gasteiger partial charge < -0.3 is 5.32 Å². The zero-order valence-corrected chi connectivity index (χ0v) is 15.0. The molecule has 0 spiro atoms. The number of carbonyl (C=O) groups is 1. The van der Waals surface area contributed by atoms with Crippen molar-refractivity contribution < 1.29 is 4.79 Å². The zero-order chi connectivity index (χ0) is 18.1. The Balaban J connectivity index is 1.62. The summed E-state index contributed by atoms with van der Waals surface area (Å²) in [4.78, 5) is 21.3. The normalized spacial score (nSPS) is 12.8. The summed E-state index contributed by atoms with van der Waals surface area (Å²) in [6.45, 7) is 4.27. The summed E-state index contributed by atoms with van der Waals surface area (Å²) in [6, 6.07) is 9.96. The van der Waals surface area contributed by atoms with Crippen LogP contribution in [0.25, 0.3) is 5.69 Å². The molecule has 1 N–H and O–H groups in total. The van der Waals surface area contributed by atoms with Crippen LogP contribution in [0.5, 0.6) is 0 Å². The fraction of sp³-hybridized carbons (Fsp3) is 0.300. The molecule has 1 amide bonds. The molecule has 0 atom stereocenters. The van der Waals surface area contributed by atoms with Crippen LogP contribution in [0.15, 0.2) is 36.5 Å². The van der Waals surface area contributed by atoms with Gasteiger partial charge in [0.1, 0.15) is 5.82 Å². The molecule has 3 aromatic rings. The van der Waals surface area contributed by atoms with Crippen molar-refractivity contribution in [3.63, 3.8) is 0 Å². The number of aromatic nitrogens is 4. The molecule has 26 heavy (non-hydrogen) atoms. The first-order valence-corrected chi connectivity index (χ1v) is 8.87. The number of fused-ring (bicyclic) bond motifs is 1. The summed E-state index contributed by atoms with van der Waals surface area (Å²) in [6.07, 6.45) is 4.60. The maximum atomic E-state index is 12.7. The van der Waals surface area contributed by atoms with Crippen LogP contribution in [-0.4, -0.2) is 25.7 Å². The van der Waals surface area contributed by atoms with Crippen molar-refractivity contribution in [2.24, 2.45) is 0 Å². The number of hydrogen-bond acceptors (Lipinski definition) is 4. The van der Waals surface area contributed by atoms with E-state index in [2.05, 4.69) is 33.4 Å². The molecule has 1 aromatic carbocycles. The monoisotopic (exact) mass is 347 g/mol. The van der Waals surface area contributed by atoms with Gasteiger partial charge in [0.2, 0.25) is 0 Å². The fourth-order valence-electron chi connectivity index (χ4n) is 3.45. The molecule has 1 aliphatic carbocycles. The quantitative estimate of drug-likeness (QED) is 0.787. The van der Waals surface area contributed by atoms with Gasteiger partial charge in [-0.25, -0.2) is 14.6 Å². The number of hydrogen-bond donors (Lipinski definition) is 1. The Morgan fingerprint density at radius 3 is 2.85 bits per heavy atom. The summed E-state index contributed by atoms with van der Waals surface area (Å²) in [5, 5.41) is 7.57.